The highest BCUT2D eigenvalue weighted by Crippen LogP contribution is 2.30. The van der Waals surface area contributed by atoms with Crippen molar-refractivity contribution in [1.29, 1.82) is 0 Å². The van der Waals surface area contributed by atoms with Crippen molar-refractivity contribution in [2.24, 2.45) is 5.73 Å². The molecule has 2 aromatic rings. The molecule has 1 amide bonds. The van der Waals surface area contributed by atoms with Crippen molar-refractivity contribution in [1.82, 2.24) is 20.3 Å². The van der Waals surface area contributed by atoms with Crippen LogP contribution >= 0.6 is 0 Å². The van der Waals surface area contributed by atoms with E-state index in [2.05, 4.69) is 75.4 Å². The Kier molecular flexibility index (Phi) is 5.86. The molecule has 0 radical (unpaired) electrons. The van der Waals surface area contributed by atoms with Crippen LogP contribution in [0.1, 0.15) is 68.7 Å². The molecular weight excluding hydrogens is 326 g/mol. The Labute approximate surface area is 156 Å². The van der Waals surface area contributed by atoms with E-state index >= 15 is 0 Å². The molecule has 0 fully saturated rings. The quantitative estimate of drug-likeness (QED) is 0.861. The standard InChI is InChI=1S/C20H31N5O/c1-19(2,3)15-9-14(10-16(11-15)20(4,5)6)12-25-13-17(23-24-25)18(26)22-8-7-21/h9-11,13H,7-8,12,21H2,1-6H3,(H,22,26). The Morgan fingerprint density at radius 2 is 1.65 bits per heavy atom. The molecule has 1 aromatic heterocycles. The molecule has 0 bridgehead atoms. The molecule has 1 aromatic carbocycles. The SMILES string of the molecule is CC(C)(C)c1cc(Cn2cc(C(=O)NCCN)nn2)cc(C(C)(C)C)c1. The molecule has 0 aliphatic heterocycles. The Bertz CT molecular complexity index is 733. The predicted octanol–water partition coefficient (Wildman–Crippen LogP) is 2.61. The van der Waals surface area contributed by atoms with Crippen LogP contribution in [0.25, 0.3) is 0 Å². The van der Waals surface area contributed by atoms with Crippen molar-refractivity contribution < 1.29 is 4.79 Å². The third-order valence-electron chi connectivity index (χ3n) is 4.27. The minimum absolute atomic E-state index is 0.0612. The van der Waals surface area contributed by atoms with E-state index in [1.165, 1.54) is 11.1 Å². The highest BCUT2D eigenvalue weighted by atomic mass is 16.2. The number of nitrogens with zero attached hydrogens (tertiary/aromatic N) is 3. The van der Waals surface area contributed by atoms with Crippen LogP contribution in [0.4, 0.5) is 0 Å². The zero-order chi connectivity index (χ0) is 19.5. The van der Waals surface area contributed by atoms with E-state index < -0.39 is 0 Å². The van der Waals surface area contributed by atoms with E-state index in [4.69, 9.17) is 5.73 Å². The van der Waals surface area contributed by atoms with E-state index in [9.17, 15) is 4.79 Å². The molecular formula is C20H31N5O. The second-order valence-corrected chi connectivity index (χ2v) is 8.76. The number of amides is 1. The number of rotatable bonds is 5. The fraction of sp³-hybridized carbons (Fsp3) is 0.550. The number of carbonyl (C=O) groups is 1. The second-order valence-electron chi connectivity index (χ2n) is 8.76. The first-order valence-electron chi connectivity index (χ1n) is 9.04. The number of hydrogen-bond donors (Lipinski definition) is 2. The molecule has 0 saturated heterocycles. The van der Waals surface area contributed by atoms with Gasteiger partial charge in [0.05, 0.1) is 12.7 Å². The Morgan fingerprint density at radius 1 is 1.08 bits per heavy atom. The lowest BCUT2D eigenvalue weighted by Crippen LogP contribution is -2.29. The van der Waals surface area contributed by atoms with Crippen molar-refractivity contribution in [3.8, 4) is 0 Å². The summed E-state index contributed by atoms with van der Waals surface area (Å²) in [6, 6.07) is 6.71. The number of nitrogens with two attached hydrogens (primary N) is 1. The summed E-state index contributed by atoms with van der Waals surface area (Å²) in [5, 5.41) is 10.8. The van der Waals surface area contributed by atoms with Crippen LogP contribution in [0.2, 0.25) is 0 Å². The molecule has 0 spiro atoms. The summed E-state index contributed by atoms with van der Waals surface area (Å²) >= 11 is 0. The Morgan fingerprint density at radius 3 is 2.15 bits per heavy atom. The molecule has 2 rings (SSSR count). The maximum absolute atomic E-state index is 12.0. The molecule has 0 saturated carbocycles. The average Bonchev–Trinajstić information content (AvgIpc) is 2.99. The minimum Gasteiger partial charge on any atom is -0.349 e. The van der Waals surface area contributed by atoms with Gasteiger partial charge in [-0.3, -0.25) is 4.79 Å². The highest BCUT2D eigenvalue weighted by Gasteiger charge is 2.21. The van der Waals surface area contributed by atoms with Crippen molar-refractivity contribution in [2.75, 3.05) is 13.1 Å². The molecule has 6 heteroatoms. The summed E-state index contributed by atoms with van der Waals surface area (Å²) in [4.78, 5) is 12.0. The number of nitrogens with one attached hydrogen (secondary N) is 1. The van der Waals surface area contributed by atoms with Gasteiger partial charge in [-0.05, 0) is 27.5 Å². The lowest BCUT2D eigenvalue weighted by atomic mass is 9.79. The first kappa shape index (κ1) is 20.1. The second kappa shape index (κ2) is 7.58. The normalized spacial score (nSPS) is 12.3. The van der Waals surface area contributed by atoms with E-state index in [-0.39, 0.29) is 16.7 Å². The molecule has 0 aliphatic rings. The van der Waals surface area contributed by atoms with Gasteiger partial charge in [0.15, 0.2) is 5.69 Å². The fourth-order valence-electron chi connectivity index (χ4n) is 2.59. The number of carbonyl (C=O) groups excluding carboxylic acids is 1. The summed E-state index contributed by atoms with van der Waals surface area (Å²) in [6.07, 6.45) is 1.67. The monoisotopic (exact) mass is 357 g/mol. The lowest BCUT2D eigenvalue weighted by Gasteiger charge is -2.26. The summed E-state index contributed by atoms with van der Waals surface area (Å²) in [6.45, 7) is 14.7. The maximum Gasteiger partial charge on any atom is 0.273 e. The smallest absolute Gasteiger partial charge is 0.273 e. The van der Waals surface area contributed by atoms with Crippen molar-refractivity contribution in [3.63, 3.8) is 0 Å². The lowest BCUT2D eigenvalue weighted by molar-refractivity contribution is 0.0949. The van der Waals surface area contributed by atoms with Crippen molar-refractivity contribution in [3.05, 3.63) is 46.8 Å². The van der Waals surface area contributed by atoms with E-state index in [0.717, 1.165) is 5.56 Å². The Hall–Kier alpha value is -2.21. The van der Waals surface area contributed by atoms with Gasteiger partial charge in [0.25, 0.3) is 5.91 Å². The van der Waals surface area contributed by atoms with Crippen LogP contribution in [-0.4, -0.2) is 34.0 Å². The molecule has 26 heavy (non-hydrogen) atoms. The largest absolute Gasteiger partial charge is 0.349 e. The summed E-state index contributed by atoms with van der Waals surface area (Å²) < 4.78 is 1.70. The van der Waals surface area contributed by atoms with Crippen LogP contribution in [0, 0.1) is 0 Å². The van der Waals surface area contributed by atoms with Crippen LogP contribution < -0.4 is 11.1 Å². The van der Waals surface area contributed by atoms with E-state index in [1.807, 2.05) is 0 Å². The van der Waals surface area contributed by atoms with Crippen LogP contribution in [0.5, 0.6) is 0 Å². The van der Waals surface area contributed by atoms with Gasteiger partial charge in [-0.1, -0.05) is 65.0 Å². The van der Waals surface area contributed by atoms with E-state index in [0.29, 0.717) is 25.3 Å². The van der Waals surface area contributed by atoms with Gasteiger partial charge in [-0.2, -0.15) is 0 Å². The summed E-state index contributed by atoms with van der Waals surface area (Å²) in [5.41, 5.74) is 9.57. The van der Waals surface area contributed by atoms with Gasteiger partial charge in [-0.25, -0.2) is 4.68 Å². The summed E-state index contributed by atoms with van der Waals surface area (Å²) in [7, 11) is 0. The molecule has 3 N–H and O–H groups in total. The predicted molar refractivity (Wildman–Crippen MR) is 104 cm³/mol. The summed E-state index contributed by atoms with van der Waals surface area (Å²) in [5.74, 6) is -0.250. The molecule has 1 heterocycles. The topological polar surface area (TPSA) is 85.8 Å². The van der Waals surface area contributed by atoms with Crippen molar-refractivity contribution >= 4 is 5.91 Å². The number of hydrogen-bond acceptors (Lipinski definition) is 4. The van der Waals surface area contributed by atoms with Crippen LogP contribution in [0.3, 0.4) is 0 Å². The zero-order valence-electron chi connectivity index (χ0n) is 16.8. The highest BCUT2D eigenvalue weighted by molar-refractivity contribution is 5.91. The maximum atomic E-state index is 12.0. The number of aromatic nitrogens is 3. The average molecular weight is 358 g/mol. The molecule has 0 aliphatic carbocycles. The van der Waals surface area contributed by atoms with Gasteiger partial charge >= 0.3 is 0 Å². The molecule has 142 valence electrons. The minimum atomic E-state index is -0.250. The van der Waals surface area contributed by atoms with Gasteiger partial charge in [0, 0.05) is 13.1 Å². The third-order valence-corrected chi connectivity index (χ3v) is 4.27. The fourth-order valence-corrected chi connectivity index (χ4v) is 2.59. The van der Waals surface area contributed by atoms with Crippen LogP contribution in [-0.2, 0) is 17.4 Å². The van der Waals surface area contributed by atoms with Crippen molar-refractivity contribution in [2.45, 2.75) is 58.9 Å². The van der Waals surface area contributed by atoms with Gasteiger partial charge in [0.1, 0.15) is 0 Å². The Balaban J connectivity index is 2.29. The van der Waals surface area contributed by atoms with Gasteiger partial charge < -0.3 is 11.1 Å². The molecule has 6 nitrogen and oxygen atoms in total. The molecule has 0 unspecified atom stereocenters. The zero-order valence-corrected chi connectivity index (χ0v) is 16.8. The third kappa shape index (κ3) is 5.14. The van der Waals surface area contributed by atoms with E-state index in [1.54, 1.807) is 10.9 Å². The van der Waals surface area contributed by atoms with Gasteiger partial charge in [-0.15, -0.1) is 5.10 Å². The van der Waals surface area contributed by atoms with Crippen LogP contribution in [0.15, 0.2) is 24.4 Å². The van der Waals surface area contributed by atoms with Gasteiger partial charge in [0.2, 0.25) is 0 Å². The first-order chi connectivity index (χ1) is 12.0. The number of benzene rings is 1. The first-order valence-corrected chi connectivity index (χ1v) is 9.04. The molecule has 0 atom stereocenters.